The van der Waals surface area contributed by atoms with Gasteiger partial charge in [-0.2, -0.15) is 0 Å². The molecule has 100 valence electrons. The van der Waals surface area contributed by atoms with Gasteiger partial charge in [-0.15, -0.1) is 11.3 Å². The van der Waals surface area contributed by atoms with Crippen LogP contribution in [0.2, 0.25) is 0 Å². The summed E-state index contributed by atoms with van der Waals surface area (Å²) in [6.07, 6.45) is 2.91. The monoisotopic (exact) mass is 333 g/mol. The molecular weight excluding hydrogens is 318 g/mol. The molecule has 0 aromatic carbocycles. The molecule has 1 heterocycles. The van der Waals surface area contributed by atoms with Crippen molar-refractivity contribution >= 4 is 33.2 Å². The second-order valence-electron chi connectivity index (χ2n) is 4.38. The maximum Gasteiger partial charge on any atom is 0.261 e. The van der Waals surface area contributed by atoms with Gasteiger partial charge in [0.2, 0.25) is 0 Å². The van der Waals surface area contributed by atoms with Gasteiger partial charge >= 0.3 is 0 Å². The van der Waals surface area contributed by atoms with E-state index in [2.05, 4.69) is 21.2 Å². The van der Waals surface area contributed by atoms with Crippen LogP contribution in [0.25, 0.3) is 0 Å². The Hall–Kier alpha value is -0.590. The van der Waals surface area contributed by atoms with Gasteiger partial charge in [-0.05, 0) is 41.1 Å². The number of carbonyl (C=O) groups excluding carboxylic acids is 1. The lowest BCUT2D eigenvalue weighted by Crippen LogP contribution is -2.36. The number of nitrogens with one attached hydrogen (secondary N) is 1. The van der Waals surface area contributed by atoms with E-state index in [1.807, 2.05) is 0 Å². The van der Waals surface area contributed by atoms with Crippen LogP contribution in [0.1, 0.15) is 28.9 Å². The molecule has 2 rings (SSSR count). The molecule has 1 aliphatic carbocycles. The molecule has 1 aliphatic rings. The first-order chi connectivity index (χ1) is 8.65. The van der Waals surface area contributed by atoms with E-state index < -0.39 is 0 Å². The quantitative estimate of drug-likeness (QED) is 0.840. The summed E-state index contributed by atoms with van der Waals surface area (Å²) in [6, 6.07) is 1.82. The minimum atomic E-state index is -0.0886. The molecule has 0 spiro atoms. The number of hydrogen-bond acceptors (Lipinski definition) is 4. The van der Waals surface area contributed by atoms with Crippen molar-refractivity contribution in [2.75, 3.05) is 13.7 Å². The minimum Gasteiger partial charge on any atom is -0.495 e. The molecule has 1 saturated carbocycles. The Morgan fingerprint density at radius 1 is 1.72 bits per heavy atom. The van der Waals surface area contributed by atoms with Crippen molar-refractivity contribution < 1.29 is 14.6 Å². The topological polar surface area (TPSA) is 58.6 Å². The fraction of sp³-hybridized carbons (Fsp3) is 0.583. The third-order valence-corrected chi connectivity index (χ3v) is 4.83. The molecule has 18 heavy (non-hydrogen) atoms. The molecule has 0 aliphatic heterocycles. The number of rotatable bonds is 6. The van der Waals surface area contributed by atoms with Crippen molar-refractivity contribution in [3.8, 4) is 5.75 Å². The predicted molar refractivity (Wildman–Crippen MR) is 74.3 cm³/mol. The highest BCUT2D eigenvalue weighted by Gasteiger charge is 2.32. The third-order valence-electron chi connectivity index (χ3n) is 3.05. The van der Waals surface area contributed by atoms with Gasteiger partial charge in [0, 0.05) is 18.7 Å². The number of methoxy groups -OCH3 is 1. The van der Waals surface area contributed by atoms with Crippen LogP contribution in [-0.4, -0.2) is 30.8 Å². The van der Waals surface area contributed by atoms with Crippen LogP contribution in [0.4, 0.5) is 0 Å². The first kappa shape index (κ1) is 13.8. The average molecular weight is 334 g/mol. The molecule has 1 fully saturated rings. The zero-order chi connectivity index (χ0) is 13.1. The number of carbonyl (C=O) groups is 1. The third kappa shape index (κ3) is 3.24. The van der Waals surface area contributed by atoms with E-state index in [4.69, 9.17) is 9.84 Å². The van der Waals surface area contributed by atoms with Crippen LogP contribution < -0.4 is 10.1 Å². The van der Waals surface area contributed by atoms with Crippen LogP contribution in [0.5, 0.6) is 5.75 Å². The van der Waals surface area contributed by atoms with Crippen molar-refractivity contribution in [1.82, 2.24) is 5.32 Å². The number of halogens is 1. The van der Waals surface area contributed by atoms with Crippen LogP contribution in [0.15, 0.2) is 9.85 Å². The van der Waals surface area contributed by atoms with E-state index in [0.717, 1.165) is 16.6 Å². The Morgan fingerprint density at radius 2 is 2.44 bits per heavy atom. The van der Waals surface area contributed by atoms with E-state index >= 15 is 0 Å². The van der Waals surface area contributed by atoms with Gasteiger partial charge in [0.25, 0.3) is 5.91 Å². The summed E-state index contributed by atoms with van der Waals surface area (Å²) in [5, 5.41) is 12.0. The van der Waals surface area contributed by atoms with Crippen LogP contribution in [-0.2, 0) is 0 Å². The summed E-state index contributed by atoms with van der Waals surface area (Å²) in [5.74, 6) is 1.12. The largest absolute Gasteiger partial charge is 0.495 e. The zero-order valence-electron chi connectivity index (χ0n) is 10.1. The van der Waals surface area contributed by atoms with Gasteiger partial charge in [0.05, 0.1) is 12.0 Å². The average Bonchev–Trinajstić information content (AvgIpc) is 3.12. The van der Waals surface area contributed by atoms with E-state index in [-0.39, 0.29) is 18.6 Å². The lowest BCUT2D eigenvalue weighted by molar-refractivity contribution is 0.0928. The van der Waals surface area contributed by atoms with Gasteiger partial charge in [-0.25, -0.2) is 0 Å². The summed E-state index contributed by atoms with van der Waals surface area (Å²) < 4.78 is 5.95. The van der Waals surface area contributed by atoms with Gasteiger partial charge in [0.15, 0.2) is 0 Å². The molecule has 0 radical (unpaired) electrons. The van der Waals surface area contributed by atoms with Crippen LogP contribution in [0, 0.1) is 5.92 Å². The molecule has 1 aromatic rings. The predicted octanol–water partition coefficient (Wildman–Crippen LogP) is 2.41. The van der Waals surface area contributed by atoms with Crippen molar-refractivity contribution in [2.24, 2.45) is 5.92 Å². The Labute approximate surface area is 118 Å². The highest BCUT2D eigenvalue weighted by Crippen LogP contribution is 2.36. The fourth-order valence-electron chi connectivity index (χ4n) is 1.91. The second-order valence-corrected chi connectivity index (χ2v) is 6.75. The van der Waals surface area contributed by atoms with E-state index in [0.29, 0.717) is 23.0 Å². The maximum atomic E-state index is 12.1. The molecule has 1 amide bonds. The lowest BCUT2D eigenvalue weighted by atomic mass is 10.1. The Balaban J connectivity index is 2.01. The molecule has 4 nitrogen and oxygen atoms in total. The molecule has 1 atom stereocenters. The van der Waals surface area contributed by atoms with Gasteiger partial charge in [-0.3, -0.25) is 4.79 Å². The lowest BCUT2D eigenvalue weighted by Gasteiger charge is -2.16. The summed E-state index contributed by atoms with van der Waals surface area (Å²) in [7, 11) is 1.58. The number of aliphatic hydroxyl groups excluding tert-OH is 1. The van der Waals surface area contributed by atoms with E-state index in [1.165, 1.54) is 11.3 Å². The summed E-state index contributed by atoms with van der Waals surface area (Å²) in [5.41, 5.74) is 0. The number of hydrogen-bond donors (Lipinski definition) is 2. The highest BCUT2D eigenvalue weighted by molar-refractivity contribution is 9.11. The number of aliphatic hydroxyl groups is 1. The summed E-state index contributed by atoms with van der Waals surface area (Å²) >= 11 is 4.71. The van der Waals surface area contributed by atoms with Crippen molar-refractivity contribution in [2.45, 2.75) is 25.3 Å². The van der Waals surface area contributed by atoms with Crippen molar-refractivity contribution in [3.63, 3.8) is 0 Å². The molecular formula is C12H16BrNO3S. The molecule has 1 aromatic heterocycles. The van der Waals surface area contributed by atoms with Crippen LogP contribution in [0.3, 0.4) is 0 Å². The molecule has 0 saturated heterocycles. The Kier molecular flexibility index (Phi) is 4.64. The maximum absolute atomic E-state index is 12.1. The zero-order valence-corrected chi connectivity index (χ0v) is 12.5. The Bertz CT molecular complexity index is 431. The van der Waals surface area contributed by atoms with E-state index in [9.17, 15) is 4.79 Å². The Morgan fingerprint density at radius 3 is 2.94 bits per heavy atom. The SMILES string of the molecule is COc1cc(C(=O)NC(CCO)C2CC2)sc1Br. The standard InChI is InChI=1S/C12H16BrNO3S/c1-17-9-6-10(18-11(9)13)12(16)14-8(4-5-15)7-2-3-7/h6-8,15H,2-5H2,1H3,(H,14,16). The first-order valence-corrected chi connectivity index (χ1v) is 7.51. The van der Waals surface area contributed by atoms with Gasteiger partial charge in [0.1, 0.15) is 9.54 Å². The summed E-state index contributed by atoms with van der Waals surface area (Å²) in [4.78, 5) is 12.7. The molecule has 2 N–H and O–H groups in total. The molecule has 1 unspecified atom stereocenters. The summed E-state index contributed by atoms with van der Waals surface area (Å²) in [6.45, 7) is 0.110. The number of ether oxygens (including phenoxy) is 1. The normalized spacial score (nSPS) is 16.4. The van der Waals surface area contributed by atoms with Crippen molar-refractivity contribution in [3.05, 3.63) is 14.7 Å². The molecule has 0 bridgehead atoms. The van der Waals surface area contributed by atoms with Crippen LogP contribution >= 0.6 is 27.3 Å². The number of thiophene rings is 1. The smallest absolute Gasteiger partial charge is 0.261 e. The highest BCUT2D eigenvalue weighted by atomic mass is 79.9. The molecule has 6 heteroatoms. The first-order valence-electron chi connectivity index (χ1n) is 5.90. The minimum absolute atomic E-state index is 0.0886. The fourth-order valence-corrected chi connectivity index (χ4v) is 3.46. The second kappa shape index (κ2) is 6.04. The van der Waals surface area contributed by atoms with Gasteiger partial charge < -0.3 is 15.2 Å². The van der Waals surface area contributed by atoms with E-state index in [1.54, 1.807) is 13.2 Å². The van der Waals surface area contributed by atoms with Crippen molar-refractivity contribution in [1.29, 1.82) is 0 Å². The number of amides is 1. The van der Waals surface area contributed by atoms with Gasteiger partial charge in [-0.1, -0.05) is 0 Å².